The second-order valence-corrected chi connectivity index (χ2v) is 6.81. The van der Waals surface area contributed by atoms with Crippen LogP contribution in [0.4, 0.5) is 0 Å². The Hall–Kier alpha value is -1.37. The number of rotatable bonds is 5. The van der Waals surface area contributed by atoms with Crippen LogP contribution in [-0.2, 0) is 4.74 Å². The Labute approximate surface area is 156 Å². The maximum atomic E-state index is 10.5. The average molecular weight is 383 g/mol. The summed E-state index contributed by atoms with van der Waals surface area (Å²) in [7, 11) is 0. The minimum absolute atomic E-state index is 0.143. The molecule has 0 unspecified atom stereocenters. The maximum absolute atomic E-state index is 10.5. The Bertz CT molecular complexity index is 706. The zero-order valence-corrected chi connectivity index (χ0v) is 15.1. The summed E-state index contributed by atoms with van der Waals surface area (Å²) in [6.07, 6.45) is 2.52. The van der Waals surface area contributed by atoms with Crippen LogP contribution in [0, 0.1) is 0 Å². The van der Waals surface area contributed by atoms with Gasteiger partial charge in [-0.1, -0.05) is 29.3 Å². The van der Waals surface area contributed by atoms with Gasteiger partial charge in [0.2, 0.25) is 0 Å². The van der Waals surface area contributed by atoms with Crippen molar-refractivity contribution >= 4 is 23.2 Å². The molecule has 1 saturated heterocycles. The van der Waals surface area contributed by atoms with E-state index in [0.717, 1.165) is 12.8 Å². The van der Waals surface area contributed by atoms with E-state index in [4.69, 9.17) is 38.4 Å². The largest absolute Gasteiger partial charge is 0.489 e. The molecule has 1 aromatic heterocycles. The Kier molecular flexibility index (Phi) is 6.15. The Morgan fingerprint density at radius 2 is 1.92 bits per heavy atom. The summed E-state index contributed by atoms with van der Waals surface area (Å²) in [5, 5.41) is 11.3. The van der Waals surface area contributed by atoms with E-state index in [9.17, 15) is 5.11 Å². The molecule has 0 amide bonds. The lowest BCUT2D eigenvalue weighted by molar-refractivity contribution is 0.0253. The number of ether oxygens (including phenoxy) is 2. The van der Waals surface area contributed by atoms with E-state index in [1.54, 1.807) is 36.5 Å². The van der Waals surface area contributed by atoms with Gasteiger partial charge in [-0.15, -0.1) is 0 Å². The SMILES string of the molecule is N[C@@H](c1ccc(Cl)c(Cl)c1)[C@@H](O)c1ccc(OC2CCOCC2)cn1. The third kappa shape index (κ3) is 4.63. The number of pyridine rings is 1. The van der Waals surface area contributed by atoms with Gasteiger partial charge in [0.1, 0.15) is 18.0 Å². The van der Waals surface area contributed by atoms with Gasteiger partial charge in [-0.25, -0.2) is 0 Å². The third-order valence-electron chi connectivity index (χ3n) is 4.20. The lowest BCUT2D eigenvalue weighted by Gasteiger charge is -2.23. The number of hydrogen-bond donors (Lipinski definition) is 2. The minimum atomic E-state index is -0.964. The highest BCUT2D eigenvalue weighted by atomic mass is 35.5. The summed E-state index contributed by atoms with van der Waals surface area (Å²) in [5.74, 6) is 0.672. The Morgan fingerprint density at radius 3 is 2.56 bits per heavy atom. The zero-order chi connectivity index (χ0) is 17.8. The van der Waals surface area contributed by atoms with Crippen molar-refractivity contribution in [1.82, 2.24) is 4.98 Å². The van der Waals surface area contributed by atoms with E-state index < -0.39 is 12.1 Å². The van der Waals surface area contributed by atoms with Gasteiger partial charge in [-0.05, 0) is 29.8 Å². The number of aromatic nitrogens is 1. The second kappa shape index (κ2) is 8.34. The molecule has 1 fully saturated rings. The number of halogens is 2. The molecule has 7 heteroatoms. The van der Waals surface area contributed by atoms with Crippen LogP contribution < -0.4 is 10.5 Å². The van der Waals surface area contributed by atoms with Crippen LogP contribution in [0.15, 0.2) is 36.5 Å². The fraction of sp³-hybridized carbons (Fsp3) is 0.389. The van der Waals surface area contributed by atoms with Crippen LogP contribution in [0.25, 0.3) is 0 Å². The summed E-state index contributed by atoms with van der Waals surface area (Å²) in [5.41, 5.74) is 7.30. The van der Waals surface area contributed by atoms with Gasteiger partial charge >= 0.3 is 0 Å². The Morgan fingerprint density at radius 1 is 1.16 bits per heavy atom. The maximum Gasteiger partial charge on any atom is 0.138 e. The molecule has 2 aromatic rings. The molecule has 5 nitrogen and oxygen atoms in total. The quantitative estimate of drug-likeness (QED) is 0.824. The minimum Gasteiger partial charge on any atom is -0.489 e. The summed E-state index contributed by atoms with van der Waals surface area (Å²) in [6.45, 7) is 1.43. The van der Waals surface area contributed by atoms with Crippen molar-refractivity contribution in [3.05, 3.63) is 57.8 Å². The van der Waals surface area contributed by atoms with E-state index >= 15 is 0 Å². The van der Waals surface area contributed by atoms with Gasteiger partial charge < -0.3 is 20.3 Å². The molecule has 2 heterocycles. The number of nitrogens with zero attached hydrogens (tertiary/aromatic N) is 1. The molecule has 134 valence electrons. The predicted molar refractivity (Wildman–Crippen MR) is 97.1 cm³/mol. The van der Waals surface area contributed by atoms with Gasteiger partial charge in [0, 0.05) is 12.8 Å². The lowest BCUT2D eigenvalue weighted by atomic mass is 10.00. The van der Waals surface area contributed by atoms with Crippen molar-refractivity contribution in [3.63, 3.8) is 0 Å². The Balaban J connectivity index is 1.66. The predicted octanol–water partition coefficient (Wildman–Crippen LogP) is 3.68. The highest BCUT2D eigenvalue weighted by molar-refractivity contribution is 6.42. The highest BCUT2D eigenvalue weighted by Gasteiger charge is 2.21. The van der Waals surface area contributed by atoms with Crippen LogP contribution in [0.3, 0.4) is 0 Å². The molecular weight excluding hydrogens is 363 g/mol. The van der Waals surface area contributed by atoms with Crippen LogP contribution in [0.2, 0.25) is 10.0 Å². The van der Waals surface area contributed by atoms with E-state index in [1.807, 2.05) is 0 Å². The zero-order valence-electron chi connectivity index (χ0n) is 13.6. The van der Waals surface area contributed by atoms with Gasteiger partial charge in [0.15, 0.2) is 0 Å². The summed E-state index contributed by atoms with van der Waals surface area (Å²) in [4.78, 5) is 4.29. The van der Waals surface area contributed by atoms with Crippen LogP contribution in [0.5, 0.6) is 5.75 Å². The molecule has 3 N–H and O–H groups in total. The number of benzene rings is 1. The molecule has 1 aliphatic heterocycles. The molecule has 1 aromatic carbocycles. The van der Waals surface area contributed by atoms with Crippen LogP contribution in [0.1, 0.15) is 36.2 Å². The number of aliphatic hydroxyl groups excluding tert-OH is 1. The first-order valence-corrected chi connectivity index (χ1v) is 8.89. The molecule has 0 aliphatic carbocycles. The van der Waals surface area contributed by atoms with Crippen LogP contribution in [-0.4, -0.2) is 29.4 Å². The van der Waals surface area contributed by atoms with E-state index in [2.05, 4.69) is 4.98 Å². The number of hydrogen-bond acceptors (Lipinski definition) is 5. The second-order valence-electron chi connectivity index (χ2n) is 5.99. The van der Waals surface area contributed by atoms with Gasteiger partial charge in [-0.2, -0.15) is 0 Å². The normalized spacial score (nSPS) is 17.9. The fourth-order valence-electron chi connectivity index (χ4n) is 2.71. The van der Waals surface area contributed by atoms with Crippen molar-refractivity contribution in [2.45, 2.75) is 31.1 Å². The molecule has 0 radical (unpaired) electrons. The number of aliphatic hydroxyl groups is 1. The molecule has 0 bridgehead atoms. The summed E-state index contributed by atoms with van der Waals surface area (Å²) >= 11 is 11.9. The monoisotopic (exact) mass is 382 g/mol. The molecule has 25 heavy (non-hydrogen) atoms. The molecule has 1 aliphatic rings. The van der Waals surface area contributed by atoms with Crippen molar-refractivity contribution in [3.8, 4) is 5.75 Å². The van der Waals surface area contributed by atoms with Crippen molar-refractivity contribution in [2.24, 2.45) is 5.73 Å². The lowest BCUT2D eigenvalue weighted by Crippen LogP contribution is -2.26. The van der Waals surface area contributed by atoms with Crippen LogP contribution >= 0.6 is 23.2 Å². The highest BCUT2D eigenvalue weighted by Crippen LogP contribution is 2.31. The molecule has 0 spiro atoms. The summed E-state index contributed by atoms with van der Waals surface area (Å²) in [6, 6.07) is 7.90. The van der Waals surface area contributed by atoms with Gasteiger partial charge in [0.05, 0.1) is 41.2 Å². The smallest absolute Gasteiger partial charge is 0.138 e. The average Bonchev–Trinajstić information content (AvgIpc) is 2.64. The van der Waals surface area contributed by atoms with Crippen molar-refractivity contribution < 1.29 is 14.6 Å². The summed E-state index contributed by atoms with van der Waals surface area (Å²) < 4.78 is 11.2. The first kappa shape index (κ1) is 18.4. The van der Waals surface area contributed by atoms with Gasteiger partial charge in [-0.3, -0.25) is 4.98 Å². The molecule has 0 saturated carbocycles. The third-order valence-corrected chi connectivity index (χ3v) is 4.94. The van der Waals surface area contributed by atoms with E-state index in [0.29, 0.717) is 40.3 Å². The van der Waals surface area contributed by atoms with E-state index in [1.165, 1.54) is 0 Å². The molecule has 2 atom stereocenters. The molecule has 3 rings (SSSR count). The fourth-order valence-corrected chi connectivity index (χ4v) is 3.02. The standard InChI is InChI=1S/C18H20Cl2N2O3/c19-14-3-1-11(9-15(14)20)17(21)18(23)16-4-2-13(10-22-16)25-12-5-7-24-8-6-12/h1-4,9-10,12,17-18,23H,5-8,21H2/t17-,18-/m0/s1. The first-order chi connectivity index (χ1) is 12.0. The van der Waals surface area contributed by atoms with Crippen molar-refractivity contribution in [1.29, 1.82) is 0 Å². The first-order valence-electron chi connectivity index (χ1n) is 8.13. The topological polar surface area (TPSA) is 77.6 Å². The molecular formula is C18H20Cl2N2O3. The number of nitrogens with two attached hydrogens (primary N) is 1. The van der Waals surface area contributed by atoms with Crippen molar-refractivity contribution in [2.75, 3.05) is 13.2 Å². The van der Waals surface area contributed by atoms with Gasteiger partial charge in [0.25, 0.3) is 0 Å². The van der Waals surface area contributed by atoms with E-state index in [-0.39, 0.29) is 6.10 Å².